The van der Waals surface area contributed by atoms with Crippen LogP contribution in [0.1, 0.15) is 0 Å². The van der Waals surface area contributed by atoms with Crippen LogP contribution >= 0.6 is 0 Å². The Hall–Kier alpha value is -0.690. The van der Waals surface area contributed by atoms with Crippen molar-refractivity contribution in [1.82, 2.24) is 0 Å². The van der Waals surface area contributed by atoms with E-state index in [1.807, 2.05) is 0 Å². The first-order valence-corrected chi connectivity index (χ1v) is 0.597. The molecule has 0 saturated carbocycles. The molecule has 0 N–H and O–H groups in total. The molecule has 3 heteroatoms. The highest BCUT2D eigenvalue weighted by Gasteiger charge is 1.36. The van der Waals surface area contributed by atoms with Crippen molar-refractivity contribution in [2.45, 2.75) is 0 Å². The molecule has 0 fully saturated rings. The van der Waals surface area contributed by atoms with Gasteiger partial charge in [0, 0.05) is 5.21 Å². The molecule has 0 spiro atoms. The Labute approximate surface area is 21.9 Å². The molecule has 22 valence electrons. The topological polar surface area (TPSA) is 29.4 Å². The van der Waals surface area contributed by atoms with E-state index in [4.69, 9.17) is 4.79 Å². The minimum atomic E-state index is 0.639. The Kier molecular flexibility index (Phi) is 1.91. The second kappa shape index (κ2) is 2.31. The van der Waals surface area contributed by atoms with Crippen molar-refractivity contribution in [3.05, 3.63) is 0 Å². The summed E-state index contributed by atoms with van der Waals surface area (Å²) in [6.07, 6.45) is 0.639. The van der Waals surface area contributed by atoms with Gasteiger partial charge in [0.2, 0.25) is 0 Å². The number of nitrogens with zero attached hydrogens (tertiary/aromatic N) is 1. The summed E-state index contributed by atoms with van der Waals surface area (Å²) in [5, 5.41) is 1.43. The van der Waals surface area contributed by atoms with Gasteiger partial charge in [-0.25, -0.2) is 4.79 Å². The lowest BCUT2D eigenvalue weighted by Crippen LogP contribution is -1.28. The Morgan fingerprint density at radius 3 is 2.25 bits per heavy atom. The fourth-order valence-corrected chi connectivity index (χ4v) is 0. The van der Waals surface area contributed by atoms with Crippen LogP contribution in [0.5, 0.6) is 0 Å². The highest BCUT2D eigenvalue weighted by atomic mass is 19.2. The van der Waals surface area contributed by atoms with E-state index >= 15 is 0 Å². The Morgan fingerprint density at radius 1 is 2.00 bits per heavy atom. The number of hydrogen-bond acceptors (Lipinski definition) is 2. The van der Waals surface area contributed by atoms with Crippen molar-refractivity contribution in [2.24, 2.45) is 5.21 Å². The van der Waals surface area contributed by atoms with Crippen molar-refractivity contribution in [1.29, 1.82) is 0 Å². The molecule has 0 aliphatic rings. The maximum atomic E-state index is 9.92. The first-order chi connectivity index (χ1) is 1.91. The Bertz CT molecular complexity index is 46.0. The molecule has 0 unspecified atom stereocenters. The Balaban J connectivity index is 3.11. The van der Waals surface area contributed by atoms with Crippen LogP contribution in [0.3, 0.4) is 0 Å². The maximum absolute atomic E-state index is 9.92. The van der Waals surface area contributed by atoms with Gasteiger partial charge in [-0.05, 0) is 0 Å². The second-order valence-corrected chi connectivity index (χ2v) is 0.176. The number of isocyanates is 1. The standard InChI is InChI=1S/CFNO/c2-3-1-4. The van der Waals surface area contributed by atoms with Crippen LogP contribution < -0.4 is 0 Å². The van der Waals surface area contributed by atoms with Gasteiger partial charge in [0.1, 0.15) is 0 Å². The molecule has 0 aromatic heterocycles. The third-order valence-corrected chi connectivity index (χ3v) is 0.0345. The van der Waals surface area contributed by atoms with E-state index in [9.17, 15) is 4.48 Å². The highest BCUT2D eigenvalue weighted by Crippen LogP contribution is 1.48. The molecule has 0 bridgehead atoms. The quantitative estimate of drug-likeness (QED) is 0.290. The molecule has 0 aliphatic heterocycles. The van der Waals surface area contributed by atoms with Gasteiger partial charge >= 0.3 is 0 Å². The summed E-state index contributed by atoms with van der Waals surface area (Å²) in [6.45, 7) is 0. The number of halogens is 1. The fraction of sp³-hybridized carbons (Fsp3) is 0. The summed E-state index contributed by atoms with van der Waals surface area (Å²) in [6, 6.07) is 0. The van der Waals surface area contributed by atoms with Crippen molar-refractivity contribution >= 4 is 6.08 Å². The van der Waals surface area contributed by atoms with Crippen LogP contribution in [0.15, 0.2) is 5.21 Å². The maximum Gasteiger partial charge on any atom is 0.269 e. The number of carbonyl (C=O) groups excluding carboxylic acids is 1. The van der Waals surface area contributed by atoms with Crippen LogP contribution in [0, 0.1) is 0 Å². The van der Waals surface area contributed by atoms with E-state index in [1.54, 1.807) is 0 Å². The van der Waals surface area contributed by atoms with Crippen molar-refractivity contribution in [3.63, 3.8) is 0 Å². The summed E-state index contributed by atoms with van der Waals surface area (Å²) in [5.41, 5.74) is 0. The summed E-state index contributed by atoms with van der Waals surface area (Å²) in [7, 11) is 0. The van der Waals surface area contributed by atoms with Crippen molar-refractivity contribution in [2.75, 3.05) is 0 Å². The summed E-state index contributed by atoms with van der Waals surface area (Å²) < 4.78 is 9.92. The van der Waals surface area contributed by atoms with E-state index in [0.717, 1.165) is 0 Å². The molecular weight excluding hydrogens is 61.0 g/mol. The molecule has 0 aromatic carbocycles. The van der Waals surface area contributed by atoms with E-state index in [0.29, 0.717) is 6.08 Å². The fourth-order valence-electron chi connectivity index (χ4n) is 0. The van der Waals surface area contributed by atoms with Gasteiger partial charge < -0.3 is 0 Å². The van der Waals surface area contributed by atoms with Crippen molar-refractivity contribution < 1.29 is 9.28 Å². The van der Waals surface area contributed by atoms with Gasteiger partial charge in [-0.3, -0.25) is 0 Å². The van der Waals surface area contributed by atoms with Gasteiger partial charge in [0.25, 0.3) is 6.08 Å². The molecule has 4 heavy (non-hydrogen) atoms. The van der Waals surface area contributed by atoms with Crippen LogP contribution in [0.4, 0.5) is 4.48 Å². The van der Waals surface area contributed by atoms with E-state index in [2.05, 4.69) is 0 Å². The zero-order chi connectivity index (χ0) is 3.41. The van der Waals surface area contributed by atoms with E-state index < -0.39 is 0 Å². The summed E-state index contributed by atoms with van der Waals surface area (Å²) >= 11 is 0. The van der Waals surface area contributed by atoms with Crippen LogP contribution in [0.2, 0.25) is 0 Å². The highest BCUT2D eigenvalue weighted by molar-refractivity contribution is 5.30. The summed E-state index contributed by atoms with van der Waals surface area (Å²) in [4.78, 5) is 8.51. The summed E-state index contributed by atoms with van der Waals surface area (Å²) in [5.74, 6) is 0. The molecule has 0 radical (unpaired) electrons. The van der Waals surface area contributed by atoms with E-state index in [1.165, 1.54) is 5.21 Å². The van der Waals surface area contributed by atoms with E-state index in [-0.39, 0.29) is 0 Å². The van der Waals surface area contributed by atoms with Gasteiger partial charge in [0.15, 0.2) is 0 Å². The number of rotatable bonds is 0. The SMILES string of the molecule is O=C=NF. The minimum Gasteiger partial charge on any atom is -0.209 e. The second-order valence-electron chi connectivity index (χ2n) is 0.176. The lowest BCUT2D eigenvalue weighted by molar-refractivity contribution is 0.501. The lowest BCUT2D eigenvalue weighted by Gasteiger charge is -1.28. The third kappa shape index (κ3) is 1.31. The van der Waals surface area contributed by atoms with Gasteiger partial charge in [0.05, 0.1) is 0 Å². The molecule has 0 atom stereocenters. The predicted molar refractivity (Wildman–Crippen MR) is 9.23 cm³/mol. The largest absolute Gasteiger partial charge is 0.269 e. The van der Waals surface area contributed by atoms with Gasteiger partial charge in [-0.2, -0.15) is 0 Å². The first-order valence-electron chi connectivity index (χ1n) is 0.597. The predicted octanol–water partition coefficient (Wildman–Crippen LogP) is 0.207. The normalized spacial score (nSPS) is 4.25. The molecule has 0 saturated heterocycles. The zero-order valence-electron chi connectivity index (χ0n) is 1.73. The average Bonchev–Trinajstić information content (AvgIpc) is 1.37. The molecule has 0 rings (SSSR count). The van der Waals surface area contributed by atoms with Crippen LogP contribution in [-0.4, -0.2) is 6.08 Å². The average molecular weight is 61.0 g/mol. The molecule has 2 nitrogen and oxygen atoms in total. The van der Waals surface area contributed by atoms with Gasteiger partial charge in [-0.15, -0.1) is 0 Å². The lowest BCUT2D eigenvalue weighted by atomic mass is 11.7. The zero-order valence-corrected chi connectivity index (χ0v) is 1.73. The first kappa shape index (κ1) is 3.31. The van der Waals surface area contributed by atoms with Crippen molar-refractivity contribution in [3.8, 4) is 0 Å². The smallest absolute Gasteiger partial charge is 0.209 e. The molecule has 0 amide bonds. The Morgan fingerprint density at radius 2 is 2.25 bits per heavy atom. The van der Waals surface area contributed by atoms with Crippen LogP contribution in [-0.2, 0) is 4.79 Å². The molecule has 0 heterocycles. The monoisotopic (exact) mass is 61.0 g/mol. The number of hydrogen-bond donors (Lipinski definition) is 0. The third-order valence-electron chi connectivity index (χ3n) is 0.0345. The van der Waals surface area contributed by atoms with Crippen LogP contribution in [0.25, 0.3) is 0 Å². The molecular formula is CFNO. The van der Waals surface area contributed by atoms with Gasteiger partial charge in [-0.1, -0.05) is 4.48 Å². The molecule has 0 aliphatic carbocycles. The molecule has 0 aromatic rings. The minimum absolute atomic E-state index is 0.639.